The van der Waals surface area contributed by atoms with Crippen molar-refractivity contribution in [1.29, 1.82) is 0 Å². The maximum Gasteiger partial charge on any atom is 0.251 e. The van der Waals surface area contributed by atoms with Gasteiger partial charge in [0.2, 0.25) is 0 Å². The predicted octanol–water partition coefficient (Wildman–Crippen LogP) is 3.13. The van der Waals surface area contributed by atoms with Gasteiger partial charge >= 0.3 is 0 Å². The fourth-order valence-corrected chi connectivity index (χ4v) is 3.48. The lowest BCUT2D eigenvalue weighted by Crippen LogP contribution is -2.32. The van der Waals surface area contributed by atoms with E-state index in [2.05, 4.69) is 17.6 Å². The largest absolute Gasteiger partial charge is 0.381 e. The molecular formula is C15H22N2OS. The van der Waals surface area contributed by atoms with Crippen LogP contribution in [0.25, 0.3) is 0 Å². The van der Waals surface area contributed by atoms with E-state index in [1.807, 2.05) is 43.0 Å². The third-order valence-electron chi connectivity index (χ3n) is 3.42. The number of thioether (sulfide) groups is 1. The zero-order chi connectivity index (χ0) is 13.7. The number of benzene rings is 1. The molecule has 1 saturated heterocycles. The summed E-state index contributed by atoms with van der Waals surface area (Å²) in [6.45, 7) is 4.86. The maximum absolute atomic E-state index is 11.8. The summed E-state index contributed by atoms with van der Waals surface area (Å²) in [5, 5.41) is 7.02. The van der Waals surface area contributed by atoms with Gasteiger partial charge in [-0.25, -0.2) is 0 Å². The van der Waals surface area contributed by atoms with Gasteiger partial charge in [-0.05, 0) is 43.7 Å². The van der Waals surface area contributed by atoms with E-state index in [9.17, 15) is 4.79 Å². The maximum atomic E-state index is 11.8. The van der Waals surface area contributed by atoms with E-state index >= 15 is 0 Å². The minimum absolute atomic E-state index is 0.00258. The van der Waals surface area contributed by atoms with E-state index in [-0.39, 0.29) is 5.91 Å². The Bertz CT molecular complexity index is 436. The van der Waals surface area contributed by atoms with Crippen LogP contribution < -0.4 is 10.6 Å². The second-order valence-electron chi connectivity index (χ2n) is 4.91. The van der Waals surface area contributed by atoms with Crippen molar-refractivity contribution in [2.24, 2.45) is 0 Å². The first-order valence-corrected chi connectivity index (χ1v) is 8.02. The van der Waals surface area contributed by atoms with E-state index in [1.54, 1.807) is 0 Å². The summed E-state index contributed by atoms with van der Waals surface area (Å²) in [6, 6.07) is 8.28. The van der Waals surface area contributed by atoms with Crippen LogP contribution in [-0.4, -0.2) is 29.5 Å². The molecule has 1 amide bonds. The molecule has 0 spiro atoms. The van der Waals surface area contributed by atoms with Gasteiger partial charge in [-0.15, -0.1) is 0 Å². The SMILES string of the molecule is CCNC(=O)c1cccc(NC2CCCSC2C)c1. The van der Waals surface area contributed by atoms with Crippen LogP contribution in [0.5, 0.6) is 0 Å². The summed E-state index contributed by atoms with van der Waals surface area (Å²) < 4.78 is 0. The Hall–Kier alpha value is -1.16. The molecule has 0 bridgehead atoms. The van der Waals surface area contributed by atoms with Crippen LogP contribution in [0.15, 0.2) is 24.3 Å². The zero-order valence-electron chi connectivity index (χ0n) is 11.6. The number of nitrogens with one attached hydrogen (secondary N) is 2. The third kappa shape index (κ3) is 3.90. The molecule has 1 aromatic carbocycles. The van der Waals surface area contributed by atoms with Crippen LogP contribution in [0, 0.1) is 0 Å². The molecule has 2 atom stereocenters. The quantitative estimate of drug-likeness (QED) is 0.889. The smallest absolute Gasteiger partial charge is 0.251 e. The average molecular weight is 278 g/mol. The molecule has 104 valence electrons. The van der Waals surface area contributed by atoms with Gasteiger partial charge in [0.1, 0.15) is 0 Å². The van der Waals surface area contributed by atoms with Gasteiger partial charge in [-0.1, -0.05) is 13.0 Å². The van der Waals surface area contributed by atoms with Crippen LogP contribution in [0.4, 0.5) is 5.69 Å². The Morgan fingerprint density at radius 2 is 2.32 bits per heavy atom. The van der Waals surface area contributed by atoms with E-state index in [1.165, 1.54) is 18.6 Å². The molecular weight excluding hydrogens is 256 g/mol. The van der Waals surface area contributed by atoms with Crippen molar-refractivity contribution in [3.05, 3.63) is 29.8 Å². The molecule has 2 unspecified atom stereocenters. The highest BCUT2D eigenvalue weighted by molar-refractivity contribution is 8.00. The predicted molar refractivity (Wildman–Crippen MR) is 83.0 cm³/mol. The lowest BCUT2D eigenvalue weighted by atomic mass is 10.1. The second kappa shape index (κ2) is 6.85. The first kappa shape index (κ1) is 14.3. The number of carbonyl (C=O) groups excluding carboxylic acids is 1. The Labute approximate surface area is 119 Å². The molecule has 0 saturated carbocycles. The number of rotatable bonds is 4. The first-order valence-electron chi connectivity index (χ1n) is 6.97. The Morgan fingerprint density at radius 1 is 1.47 bits per heavy atom. The van der Waals surface area contributed by atoms with Gasteiger partial charge in [-0.2, -0.15) is 11.8 Å². The molecule has 0 radical (unpaired) electrons. The summed E-state index contributed by atoms with van der Waals surface area (Å²) in [5.74, 6) is 1.26. The Morgan fingerprint density at radius 3 is 3.05 bits per heavy atom. The molecule has 0 aromatic heterocycles. The van der Waals surface area contributed by atoms with Crippen molar-refractivity contribution in [1.82, 2.24) is 5.32 Å². The summed E-state index contributed by atoms with van der Waals surface area (Å²) in [5.41, 5.74) is 1.77. The minimum atomic E-state index is -0.00258. The normalized spacial score (nSPS) is 22.8. The number of hydrogen-bond acceptors (Lipinski definition) is 3. The number of hydrogen-bond donors (Lipinski definition) is 2. The molecule has 3 nitrogen and oxygen atoms in total. The fraction of sp³-hybridized carbons (Fsp3) is 0.533. The third-order valence-corrected chi connectivity index (χ3v) is 4.80. The van der Waals surface area contributed by atoms with Gasteiger partial charge in [0.25, 0.3) is 5.91 Å². The van der Waals surface area contributed by atoms with Crippen LogP contribution in [0.2, 0.25) is 0 Å². The molecule has 1 aliphatic rings. The summed E-state index contributed by atoms with van der Waals surface area (Å²) >= 11 is 2.02. The number of amides is 1. The van der Waals surface area contributed by atoms with E-state index in [0.717, 1.165) is 11.3 Å². The highest BCUT2D eigenvalue weighted by Gasteiger charge is 2.21. The summed E-state index contributed by atoms with van der Waals surface area (Å²) in [6.07, 6.45) is 2.47. The fourth-order valence-electron chi connectivity index (χ4n) is 2.34. The molecule has 1 aliphatic heterocycles. The Kier molecular flexibility index (Phi) is 5.14. The van der Waals surface area contributed by atoms with Gasteiger partial charge in [0.15, 0.2) is 0 Å². The van der Waals surface area contributed by atoms with Crippen molar-refractivity contribution in [3.63, 3.8) is 0 Å². The topological polar surface area (TPSA) is 41.1 Å². The zero-order valence-corrected chi connectivity index (χ0v) is 12.4. The van der Waals surface area contributed by atoms with Gasteiger partial charge < -0.3 is 10.6 Å². The van der Waals surface area contributed by atoms with E-state index in [0.29, 0.717) is 17.8 Å². The van der Waals surface area contributed by atoms with Crippen molar-refractivity contribution < 1.29 is 4.79 Å². The van der Waals surface area contributed by atoms with Crippen LogP contribution >= 0.6 is 11.8 Å². The standard InChI is InChI=1S/C15H22N2OS/c1-3-16-15(18)12-6-4-7-13(10-12)17-14-8-5-9-19-11(14)2/h4,6-7,10-11,14,17H,3,5,8-9H2,1-2H3,(H,16,18). The van der Waals surface area contributed by atoms with E-state index in [4.69, 9.17) is 0 Å². The average Bonchev–Trinajstić information content (AvgIpc) is 2.42. The number of anilines is 1. The molecule has 1 heterocycles. The first-order chi connectivity index (χ1) is 9.20. The van der Waals surface area contributed by atoms with Gasteiger partial charge in [0.05, 0.1) is 0 Å². The van der Waals surface area contributed by atoms with Crippen LogP contribution in [-0.2, 0) is 0 Å². The van der Waals surface area contributed by atoms with Gasteiger partial charge in [-0.3, -0.25) is 4.79 Å². The molecule has 2 N–H and O–H groups in total. The minimum Gasteiger partial charge on any atom is -0.381 e. The molecule has 19 heavy (non-hydrogen) atoms. The highest BCUT2D eigenvalue weighted by Crippen LogP contribution is 2.27. The van der Waals surface area contributed by atoms with Crippen LogP contribution in [0.3, 0.4) is 0 Å². The summed E-state index contributed by atoms with van der Waals surface area (Å²) in [7, 11) is 0. The second-order valence-corrected chi connectivity index (χ2v) is 6.39. The molecule has 4 heteroatoms. The van der Waals surface area contributed by atoms with Crippen molar-refractivity contribution >= 4 is 23.4 Å². The number of carbonyl (C=O) groups is 1. The van der Waals surface area contributed by atoms with Crippen molar-refractivity contribution in [2.45, 2.75) is 38.0 Å². The lowest BCUT2D eigenvalue weighted by molar-refractivity contribution is 0.0956. The van der Waals surface area contributed by atoms with Gasteiger partial charge in [0, 0.05) is 29.1 Å². The monoisotopic (exact) mass is 278 g/mol. The lowest BCUT2D eigenvalue weighted by Gasteiger charge is -2.30. The Balaban J connectivity index is 2.04. The molecule has 2 rings (SSSR count). The summed E-state index contributed by atoms with van der Waals surface area (Å²) in [4.78, 5) is 11.8. The van der Waals surface area contributed by atoms with E-state index < -0.39 is 0 Å². The molecule has 0 aliphatic carbocycles. The molecule has 1 fully saturated rings. The van der Waals surface area contributed by atoms with Crippen molar-refractivity contribution in [2.75, 3.05) is 17.6 Å². The highest BCUT2D eigenvalue weighted by atomic mass is 32.2. The molecule has 1 aromatic rings. The van der Waals surface area contributed by atoms with Crippen molar-refractivity contribution in [3.8, 4) is 0 Å². The van der Waals surface area contributed by atoms with Crippen LogP contribution in [0.1, 0.15) is 37.0 Å².